The first-order valence-corrected chi connectivity index (χ1v) is 11.0. The summed E-state index contributed by atoms with van der Waals surface area (Å²) in [7, 11) is -3.54. The zero-order valence-corrected chi connectivity index (χ0v) is 16.3. The molecule has 0 unspecified atom stereocenters. The lowest BCUT2D eigenvalue weighted by atomic mass is 9.94. The van der Waals surface area contributed by atoms with Crippen LogP contribution in [0.2, 0.25) is 4.34 Å². The van der Waals surface area contributed by atoms with Gasteiger partial charge in [0, 0.05) is 32.1 Å². The van der Waals surface area contributed by atoms with E-state index in [2.05, 4.69) is 0 Å². The Bertz CT molecular complexity index is 717. The minimum Gasteiger partial charge on any atom is -0.341 e. The van der Waals surface area contributed by atoms with Crippen LogP contribution < -0.4 is 0 Å². The molecule has 0 aliphatic carbocycles. The summed E-state index contributed by atoms with van der Waals surface area (Å²) in [6, 6.07) is 3.08. The van der Waals surface area contributed by atoms with Crippen molar-refractivity contribution in [2.24, 2.45) is 11.8 Å². The van der Waals surface area contributed by atoms with Gasteiger partial charge in [-0.1, -0.05) is 25.4 Å². The average molecular weight is 391 g/mol. The Morgan fingerprint density at radius 2 is 2.12 bits per heavy atom. The molecule has 0 aromatic carbocycles. The molecule has 0 saturated carbocycles. The molecule has 24 heavy (non-hydrogen) atoms. The Balaban J connectivity index is 1.80. The first-order valence-electron chi connectivity index (χ1n) is 8.34. The summed E-state index contributed by atoms with van der Waals surface area (Å²) in [4.78, 5) is 14.2. The van der Waals surface area contributed by atoms with Crippen LogP contribution in [0.1, 0.15) is 33.1 Å². The third kappa shape index (κ3) is 3.49. The quantitative estimate of drug-likeness (QED) is 0.793. The molecular weight excluding hydrogens is 368 g/mol. The highest BCUT2D eigenvalue weighted by Crippen LogP contribution is 2.37. The second-order valence-electron chi connectivity index (χ2n) is 7.04. The minimum absolute atomic E-state index is 0.110. The van der Waals surface area contributed by atoms with Crippen LogP contribution in [0.15, 0.2) is 16.3 Å². The van der Waals surface area contributed by atoms with Crippen LogP contribution in [-0.2, 0) is 14.8 Å². The standard InChI is InChI=1S/C16H23ClN2O3S2/c1-11(2)8-15(20)18-9-12-4-3-7-19(13(12)10-18)24(21,22)16-6-5-14(17)23-16/h5-6,11-13H,3-4,7-10H2,1-2H3/t12-,13+/m1/s1. The van der Waals surface area contributed by atoms with Crippen molar-refractivity contribution in [2.45, 2.75) is 43.4 Å². The van der Waals surface area contributed by atoms with E-state index in [1.807, 2.05) is 18.7 Å². The molecule has 2 saturated heterocycles. The van der Waals surface area contributed by atoms with Gasteiger partial charge in [0.2, 0.25) is 5.91 Å². The van der Waals surface area contributed by atoms with E-state index in [1.165, 1.54) is 0 Å². The van der Waals surface area contributed by atoms with Gasteiger partial charge in [0.05, 0.1) is 4.34 Å². The number of fused-ring (bicyclic) bond motifs is 1. The van der Waals surface area contributed by atoms with Crippen LogP contribution in [0.3, 0.4) is 0 Å². The van der Waals surface area contributed by atoms with E-state index in [0.717, 1.165) is 24.2 Å². The van der Waals surface area contributed by atoms with Crippen molar-refractivity contribution in [3.63, 3.8) is 0 Å². The molecule has 8 heteroatoms. The van der Waals surface area contributed by atoms with Gasteiger partial charge in [-0.15, -0.1) is 11.3 Å². The largest absolute Gasteiger partial charge is 0.341 e. The Hall–Kier alpha value is -0.630. The number of carbonyl (C=O) groups is 1. The average Bonchev–Trinajstić information content (AvgIpc) is 3.12. The highest BCUT2D eigenvalue weighted by molar-refractivity contribution is 7.91. The fraction of sp³-hybridized carbons (Fsp3) is 0.688. The number of hydrogen-bond donors (Lipinski definition) is 0. The van der Waals surface area contributed by atoms with Crippen molar-refractivity contribution in [3.05, 3.63) is 16.5 Å². The summed E-state index contributed by atoms with van der Waals surface area (Å²) >= 11 is 7.01. The summed E-state index contributed by atoms with van der Waals surface area (Å²) in [5, 5.41) is 0. The van der Waals surface area contributed by atoms with Gasteiger partial charge >= 0.3 is 0 Å². The number of amides is 1. The topological polar surface area (TPSA) is 57.7 Å². The highest BCUT2D eigenvalue weighted by Gasteiger charge is 2.45. The van der Waals surface area contributed by atoms with E-state index in [-0.39, 0.29) is 17.9 Å². The monoisotopic (exact) mass is 390 g/mol. The van der Waals surface area contributed by atoms with Crippen molar-refractivity contribution in [1.82, 2.24) is 9.21 Å². The molecule has 2 fully saturated rings. The van der Waals surface area contributed by atoms with Crippen LogP contribution in [-0.4, -0.2) is 49.2 Å². The summed E-state index contributed by atoms with van der Waals surface area (Å²) in [6.07, 6.45) is 2.34. The van der Waals surface area contributed by atoms with Crippen molar-refractivity contribution >= 4 is 38.9 Å². The van der Waals surface area contributed by atoms with Crippen LogP contribution in [0.5, 0.6) is 0 Å². The smallest absolute Gasteiger partial charge is 0.252 e. The zero-order chi connectivity index (χ0) is 17.5. The zero-order valence-electron chi connectivity index (χ0n) is 13.9. The van der Waals surface area contributed by atoms with Crippen molar-refractivity contribution in [3.8, 4) is 0 Å². The fourth-order valence-electron chi connectivity index (χ4n) is 3.67. The molecular formula is C16H23ClN2O3S2. The summed E-state index contributed by atoms with van der Waals surface area (Å²) in [6.45, 7) is 5.75. The van der Waals surface area contributed by atoms with Crippen molar-refractivity contribution < 1.29 is 13.2 Å². The number of carbonyl (C=O) groups excluding carboxylic acids is 1. The molecule has 2 aliphatic heterocycles. The van der Waals surface area contributed by atoms with Gasteiger partial charge in [0.15, 0.2) is 0 Å². The minimum atomic E-state index is -3.54. The predicted octanol–water partition coefficient (Wildman–Crippen LogP) is 3.06. The lowest BCUT2D eigenvalue weighted by Crippen LogP contribution is -2.48. The molecule has 2 atom stereocenters. The molecule has 0 bridgehead atoms. The molecule has 0 radical (unpaired) electrons. The van der Waals surface area contributed by atoms with Gasteiger partial charge in [-0.05, 0) is 36.8 Å². The van der Waals surface area contributed by atoms with Gasteiger partial charge in [0.25, 0.3) is 10.0 Å². The fourth-order valence-corrected chi connectivity index (χ4v) is 7.00. The van der Waals surface area contributed by atoms with Crippen LogP contribution >= 0.6 is 22.9 Å². The van der Waals surface area contributed by atoms with Crippen LogP contribution in [0.25, 0.3) is 0 Å². The summed E-state index contributed by atoms with van der Waals surface area (Å²) < 4.78 is 28.3. The van der Waals surface area contributed by atoms with Crippen LogP contribution in [0.4, 0.5) is 0 Å². The first-order chi connectivity index (χ1) is 11.3. The molecule has 2 aliphatic rings. The lowest BCUT2D eigenvalue weighted by Gasteiger charge is -2.35. The van der Waals surface area contributed by atoms with E-state index in [1.54, 1.807) is 16.4 Å². The Morgan fingerprint density at radius 1 is 1.38 bits per heavy atom. The van der Waals surface area contributed by atoms with Gasteiger partial charge in [0.1, 0.15) is 4.21 Å². The van der Waals surface area contributed by atoms with Crippen LogP contribution in [0, 0.1) is 11.8 Å². The van der Waals surface area contributed by atoms with Gasteiger partial charge in [-0.2, -0.15) is 4.31 Å². The third-order valence-corrected chi connectivity index (χ3v) is 8.40. The molecule has 0 spiro atoms. The molecule has 3 heterocycles. The third-order valence-electron chi connectivity index (χ3n) is 4.78. The first kappa shape index (κ1) is 18.2. The summed E-state index contributed by atoms with van der Waals surface area (Å²) in [5.74, 6) is 0.684. The van der Waals surface area contributed by atoms with E-state index in [9.17, 15) is 13.2 Å². The van der Waals surface area contributed by atoms with Gasteiger partial charge in [-0.3, -0.25) is 4.79 Å². The SMILES string of the molecule is CC(C)CC(=O)N1C[C@H]2CCCN(S(=O)(=O)c3ccc(Cl)s3)[C@H]2C1. The predicted molar refractivity (Wildman–Crippen MR) is 95.8 cm³/mol. The maximum atomic E-state index is 13.0. The van der Waals surface area contributed by atoms with E-state index >= 15 is 0 Å². The number of hydrogen-bond acceptors (Lipinski definition) is 4. The number of thiophene rings is 1. The molecule has 1 amide bonds. The Labute approximate surface area is 152 Å². The lowest BCUT2D eigenvalue weighted by molar-refractivity contribution is -0.131. The number of nitrogens with zero attached hydrogens (tertiary/aromatic N) is 2. The molecule has 1 aromatic heterocycles. The van der Waals surface area contributed by atoms with E-state index in [4.69, 9.17) is 11.6 Å². The Kier molecular flexibility index (Phi) is 5.25. The number of halogens is 1. The number of piperidine rings is 1. The second-order valence-corrected chi connectivity index (χ2v) is 10.9. The Morgan fingerprint density at radius 3 is 2.75 bits per heavy atom. The van der Waals surface area contributed by atoms with Gasteiger partial charge < -0.3 is 4.90 Å². The number of rotatable bonds is 4. The molecule has 134 valence electrons. The normalized spacial score (nSPS) is 25.2. The van der Waals surface area contributed by atoms with E-state index in [0.29, 0.717) is 40.5 Å². The maximum Gasteiger partial charge on any atom is 0.252 e. The summed E-state index contributed by atoms with van der Waals surface area (Å²) in [5.41, 5.74) is 0. The second kappa shape index (κ2) is 6.94. The molecule has 5 nitrogen and oxygen atoms in total. The number of sulfonamides is 1. The number of likely N-dealkylation sites (tertiary alicyclic amines) is 1. The van der Waals surface area contributed by atoms with Gasteiger partial charge in [-0.25, -0.2) is 8.42 Å². The molecule has 0 N–H and O–H groups in total. The van der Waals surface area contributed by atoms with Crippen molar-refractivity contribution in [1.29, 1.82) is 0 Å². The highest BCUT2D eigenvalue weighted by atomic mass is 35.5. The van der Waals surface area contributed by atoms with Crippen molar-refractivity contribution in [2.75, 3.05) is 19.6 Å². The molecule has 3 rings (SSSR count). The maximum absolute atomic E-state index is 13.0. The van der Waals surface area contributed by atoms with E-state index < -0.39 is 10.0 Å². The molecule has 1 aromatic rings.